The molecule has 0 fully saturated rings. The van der Waals surface area contributed by atoms with E-state index >= 15 is 0 Å². The van der Waals surface area contributed by atoms with Gasteiger partial charge in [0, 0.05) is 39.2 Å². The zero-order chi connectivity index (χ0) is 29.4. The minimum Gasteiger partial charge on any atom is -0.462 e. The summed E-state index contributed by atoms with van der Waals surface area (Å²) in [5.41, 5.74) is 2.33. The molecule has 0 saturated heterocycles. The molecule has 41 heavy (non-hydrogen) atoms. The number of rotatable bonds is 11. The van der Waals surface area contributed by atoms with E-state index in [9.17, 15) is 24.5 Å². The Morgan fingerprint density at radius 3 is 2.44 bits per heavy atom. The molecule has 0 radical (unpaired) electrons. The molecule has 0 aliphatic carbocycles. The van der Waals surface area contributed by atoms with E-state index < -0.39 is 22.0 Å². The Labute approximate surface area is 245 Å². The number of non-ortho nitro benzene ring substituents is 1. The summed E-state index contributed by atoms with van der Waals surface area (Å²) in [6.45, 7) is 3.83. The van der Waals surface area contributed by atoms with Crippen molar-refractivity contribution in [3.05, 3.63) is 105 Å². The summed E-state index contributed by atoms with van der Waals surface area (Å²) in [4.78, 5) is 50.1. The second-order valence-electron chi connectivity index (χ2n) is 8.73. The molecular formula is C30H27N3O6S2. The number of thiophene rings is 1. The molecular weight excluding hydrogens is 562 g/mol. The normalized spacial score (nSPS) is 11.4. The number of ether oxygens (including phenoxy) is 1. The van der Waals surface area contributed by atoms with Crippen LogP contribution in [0.5, 0.6) is 0 Å². The van der Waals surface area contributed by atoms with Gasteiger partial charge in [0.2, 0.25) is 5.91 Å². The van der Waals surface area contributed by atoms with E-state index in [0.29, 0.717) is 28.2 Å². The Hall–Kier alpha value is -4.48. The molecule has 0 saturated carbocycles. The fourth-order valence-corrected chi connectivity index (χ4v) is 5.95. The van der Waals surface area contributed by atoms with Crippen LogP contribution >= 0.6 is 23.1 Å². The molecule has 2 N–H and O–H groups in total. The average Bonchev–Trinajstić information content (AvgIpc) is 3.40. The molecule has 3 aromatic carbocycles. The summed E-state index contributed by atoms with van der Waals surface area (Å²) in [5, 5.41) is 18.5. The van der Waals surface area contributed by atoms with Gasteiger partial charge in [0.25, 0.3) is 11.6 Å². The summed E-state index contributed by atoms with van der Waals surface area (Å²) in [7, 11) is 0. The third-order valence-corrected chi connectivity index (χ3v) is 8.20. The topological polar surface area (TPSA) is 128 Å². The number of thioether (sulfide) groups is 1. The van der Waals surface area contributed by atoms with Crippen LogP contribution in [0.1, 0.15) is 41.0 Å². The van der Waals surface area contributed by atoms with E-state index in [4.69, 9.17) is 4.74 Å². The van der Waals surface area contributed by atoms with Crippen molar-refractivity contribution in [2.45, 2.75) is 30.4 Å². The van der Waals surface area contributed by atoms with Gasteiger partial charge < -0.3 is 15.4 Å². The Balaban J connectivity index is 1.49. The van der Waals surface area contributed by atoms with E-state index in [1.54, 1.807) is 25.1 Å². The quantitative estimate of drug-likeness (QED) is 0.0815. The van der Waals surface area contributed by atoms with Gasteiger partial charge in [-0.2, -0.15) is 0 Å². The van der Waals surface area contributed by atoms with Crippen LogP contribution < -0.4 is 10.6 Å². The van der Waals surface area contributed by atoms with Gasteiger partial charge in [0.1, 0.15) is 10.6 Å². The lowest BCUT2D eigenvalue weighted by atomic mass is 10.0. The first-order valence-electron chi connectivity index (χ1n) is 12.8. The summed E-state index contributed by atoms with van der Waals surface area (Å²) in [5.74, 6) is -1.26. The lowest BCUT2D eigenvalue weighted by Crippen LogP contribution is -2.25. The zero-order valence-electron chi connectivity index (χ0n) is 22.3. The molecule has 0 aliphatic rings. The van der Waals surface area contributed by atoms with Crippen LogP contribution in [0.3, 0.4) is 0 Å². The minimum atomic E-state index is -0.557. The molecule has 0 bridgehead atoms. The lowest BCUT2D eigenvalue weighted by molar-refractivity contribution is -0.384. The number of amides is 2. The van der Waals surface area contributed by atoms with Crippen LogP contribution in [-0.2, 0) is 9.53 Å². The second kappa shape index (κ2) is 13.7. The number of nitro groups is 1. The molecule has 0 spiro atoms. The highest BCUT2D eigenvalue weighted by molar-refractivity contribution is 8.00. The highest BCUT2D eigenvalue weighted by atomic mass is 32.2. The van der Waals surface area contributed by atoms with Crippen LogP contribution in [0.25, 0.3) is 11.1 Å². The maximum absolute atomic E-state index is 13.4. The van der Waals surface area contributed by atoms with Gasteiger partial charge >= 0.3 is 5.97 Å². The number of hydrogen-bond acceptors (Lipinski definition) is 8. The Morgan fingerprint density at radius 2 is 1.73 bits per heavy atom. The molecule has 0 aliphatic heterocycles. The molecule has 210 valence electrons. The van der Waals surface area contributed by atoms with Gasteiger partial charge in [-0.25, -0.2) is 4.79 Å². The molecule has 1 unspecified atom stereocenters. The van der Waals surface area contributed by atoms with Gasteiger partial charge in [-0.15, -0.1) is 23.1 Å². The predicted molar refractivity (Wildman–Crippen MR) is 162 cm³/mol. The summed E-state index contributed by atoms with van der Waals surface area (Å²) < 4.78 is 5.29. The zero-order valence-corrected chi connectivity index (χ0v) is 23.9. The van der Waals surface area contributed by atoms with Gasteiger partial charge in [-0.05, 0) is 43.2 Å². The molecule has 9 nitrogen and oxygen atoms in total. The number of esters is 1. The standard InChI is InChI=1S/C30H27N3O6S2/c1-3-25(28(35)32-29-26(30(36)39-4-2)24(18-40-29)19-10-6-5-7-11-19)41-23-15-9-13-21(17-23)31-27(34)20-12-8-14-22(16-20)33(37)38/h5-18,25H,3-4H2,1-2H3,(H,31,34)(H,32,35). The number of hydrogen-bond donors (Lipinski definition) is 2. The monoisotopic (exact) mass is 589 g/mol. The largest absolute Gasteiger partial charge is 0.462 e. The highest BCUT2D eigenvalue weighted by Gasteiger charge is 2.25. The van der Waals surface area contributed by atoms with Crippen molar-refractivity contribution >= 4 is 57.3 Å². The van der Waals surface area contributed by atoms with Crippen LogP contribution in [0.2, 0.25) is 0 Å². The van der Waals surface area contributed by atoms with Crippen LogP contribution in [0, 0.1) is 10.1 Å². The number of carbonyl (C=O) groups is 3. The third kappa shape index (κ3) is 7.38. The number of carbonyl (C=O) groups excluding carboxylic acids is 3. The fraction of sp³-hybridized carbons (Fsp3) is 0.167. The summed E-state index contributed by atoms with van der Waals surface area (Å²) in [6.07, 6.45) is 0.506. The number of nitro benzene ring substituents is 1. The van der Waals surface area contributed by atoms with Crippen LogP contribution in [0.15, 0.2) is 89.1 Å². The molecule has 1 atom stereocenters. The van der Waals surface area contributed by atoms with Gasteiger partial charge in [0.15, 0.2) is 0 Å². The van der Waals surface area contributed by atoms with Crippen LogP contribution in [0.4, 0.5) is 16.4 Å². The number of anilines is 2. The maximum Gasteiger partial charge on any atom is 0.341 e. The van der Waals surface area contributed by atoms with Gasteiger partial charge in [-0.3, -0.25) is 19.7 Å². The van der Waals surface area contributed by atoms with E-state index in [1.807, 2.05) is 48.7 Å². The van der Waals surface area contributed by atoms with Crippen molar-refractivity contribution in [1.82, 2.24) is 0 Å². The Bertz CT molecular complexity index is 1570. The first-order valence-corrected chi connectivity index (χ1v) is 14.5. The van der Waals surface area contributed by atoms with Crippen molar-refractivity contribution in [3.8, 4) is 11.1 Å². The molecule has 11 heteroatoms. The first kappa shape index (κ1) is 29.5. The van der Waals surface area contributed by atoms with E-state index in [1.165, 1.54) is 47.4 Å². The SMILES string of the molecule is CCOC(=O)c1c(-c2ccccc2)csc1NC(=O)C(CC)Sc1cccc(NC(=O)c2cccc([N+](=O)[O-])c2)c1. The summed E-state index contributed by atoms with van der Waals surface area (Å²) in [6, 6.07) is 21.9. The smallest absolute Gasteiger partial charge is 0.341 e. The van der Waals surface area contributed by atoms with Crippen molar-refractivity contribution < 1.29 is 24.0 Å². The molecule has 2 amide bonds. The predicted octanol–water partition coefficient (Wildman–Crippen LogP) is 7.26. The fourth-order valence-electron chi connectivity index (χ4n) is 3.98. The number of benzene rings is 3. The lowest BCUT2D eigenvalue weighted by Gasteiger charge is -2.16. The summed E-state index contributed by atoms with van der Waals surface area (Å²) >= 11 is 2.59. The van der Waals surface area contributed by atoms with E-state index in [0.717, 1.165) is 10.5 Å². The minimum absolute atomic E-state index is 0.159. The molecule has 4 rings (SSSR count). The van der Waals surface area contributed by atoms with Crippen LogP contribution in [-0.4, -0.2) is 34.6 Å². The average molecular weight is 590 g/mol. The van der Waals surface area contributed by atoms with Gasteiger partial charge in [-0.1, -0.05) is 49.4 Å². The number of nitrogens with one attached hydrogen (secondary N) is 2. The highest BCUT2D eigenvalue weighted by Crippen LogP contribution is 2.37. The Morgan fingerprint density at radius 1 is 0.976 bits per heavy atom. The van der Waals surface area contributed by atoms with Crippen molar-refractivity contribution in [2.75, 3.05) is 17.2 Å². The van der Waals surface area contributed by atoms with Crippen molar-refractivity contribution in [1.29, 1.82) is 0 Å². The molecule has 4 aromatic rings. The molecule has 1 heterocycles. The van der Waals surface area contributed by atoms with Gasteiger partial charge in [0.05, 0.1) is 16.8 Å². The van der Waals surface area contributed by atoms with Crippen molar-refractivity contribution in [2.24, 2.45) is 0 Å². The Kier molecular flexibility index (Phi) is 9.88. The molecule has 1 aromatic heterocycles. The maximum atomic E-state index is 13.4. The van der Waals surface area contributed by atoms with E-state index in [2.05, 4.69) is 10.6 Å². The van der Waals surface area contributed by atoms with Crippen molar-refractivity contribution in [3.63, 3.8) is 0 Å². The number of nitrogens with zero attached hydrogens (tertiary/aromatic N) is 1. The first-order chi connectivity index (χ1) is 19.8. The third-order valence-electron chi connectivity index (χ3n) is 5.94. The second-order valence-corrected chi connectivity index (χ2v) is 10.9. The van der Waals surface area contributed by atoms with E-state index in [-0.39, 0.29) is 23.8 Å².